The van der Waals surface area contributed by atoms with Crippen LogP contribution in [0.3, 0.4) is 0 Å². The molecule has 2 aromatic rings. The number of thiazole rings is 1. The van der Waals surface area contributed by atoms with Crippen molar-refractivity contribution < 1.29 is 13.2 Å². The lowest BCUT2D eigenvalue weighted by molar-refractivity contribution is -0.140. The molecule has 1 aliphatic rings. The van der Waals surface area contributed by atoms with Crippen molar-refractivity contribution in [3.63, 3.8) is 0 Å². The molecule has 1 atom stereocenters. The quantitative estimate of drug-likeness (QED) is 0.315. The molecular formula is C20H27F3IN5S. The van der Waals surface area contributed by atoms with Crippen molar-refractivity contribution in [3.8, 4) is 0 Å². The molecule has 1 unspecified atom stereocenters. The molecule has 0 spiro atoms. The topological polar surface area (TPSA) is 52.6 Å². The van der Waals surface area contributed by atoms with E-state index < -0.39 is 11.9 Å². The summed E-state index contributed by atoms with van der Waals surface area (Å²) in [5, 5.41) is 8.16. The summed E-state index contributed by atoms with van der Waals surface area (Å²) in [6, 6.07) is 8.78. The molecule has 0 radical (unpaired) electrons. The highest BCUT2D eigenvalue weighted by molar-refractivity contribution is 14.0. The van der Waals surface area contributed by atoms with Crippen LogP contribution in [-0.2, 0) is 12.6 Å². The molecule has 10 heteroatoms. The van der Waals surface area contributed by atoms with Gasteiger partial charge >= 0.3 is 6.18 Å². The largest absolute Gasteiger partial charge is 0.434 e. The number of hydrogen-bond acceptors (Lipinski definition) is 4. The van der Waals surface area contributed by atoms with Crippen molar-refractivity contribution >= 4 is 47.0 Å². The van der Waals surface area contributed by atoms with Gasteiger partial charge in [-0.3, -0.25) is 4.99 Å². The highest BCUT2D eigenvalue weighted by atomic mass is 127. The van der Waals surface area contributed by atoms with Crippen LogP contribution in [0.25, 0.3) is 0 Å². The van der Waals surface area contributed by atoms with Gasteiger partial charge in [0.25, 0.3) is 0 Å². The minimum Gasteiger partial charge on any atom is -0.369 e. The van der Waals surface area contributed by atoms with Crippen molar-refractivity contribution in [1.82, 2.24) is 15.6 Å². The fourth-order valence-electron chi connectivity index (χ4n) is 3.20. The van der Waals surface area contributed by atoms with E-state index in [0.29, 0.717) is 23.9 Å². The minimum atomic E-state index is -4.39. The number of halogens is 4. The van der Waals surface area contributed by atoms with E-state index in [1.165, 1.54) is 11.3 Å². The lowest BCUT2D eigenvalue weighted by Crippen LogP contribution is -2.44. The fraction of sp³-hybridized carbons (Fsp3) is 0.500. The van der Waals surface area contributed by atoms with Gasteiger partial charge in [-0.1, -0.05) is 17.7 Å². The van der Waals surface area contributed by atoms with Gasteiger partial charge in [-0.2, -0.15) is 13.2 Å². The second-order valence-corrected chi connectivity index (χ2v) is 7.99. The number of aromatic nitrogens is 1. The molecule has 2 N–H and O–H groups in total. The lowest BCUT2D eigenvalue weighted by atomic mass is 10.2. The average Bonchev–Trinajstić information content (AvgIpc) is 3.32. The van der Waals surface area contributed by atoms with Gasteiger partial charge in [-0.25, -0.2) is 4.98 Å². The Morgan fingerprint density at radius 3 is 2.67 bits per heavy atom. The van der Waals surface area contributed by atoms with Gasteiger partial charge in [0, 0.05) is 49.7 Å². The zero-order chi connectivity index (χ0) is 20.9. The Kier molecular flexibility index (Phi) is 9.20. The van der Waals surface area contributed by atoms with Gasteiger partial charge in [0.15, 0.2) is 11.7 Å². The number of anilines is 1. The third-order valence-electron chi connectivity index (χ3n) is 4.71. The van der Waals surface area contributed by atoms with Gasteiger partial charge in [0.1, 0.15) is 0 Å². The van der Waals surface area contributed by atoms with Crippen LogP contribution in [0.15, 0.2) is 34.6 Å². The Hall–Kier alpha value is -1.56. The zero-order valence-electron chi connectivity index (χ0n) is 17.0. The number of aliphatic imine (C=N–C) groups is 1. The normalized spacial score (nSPS) is 17.0. The summed E-state index contributed by atoms with van der Waals surface area (Å²) in [6.07, 6.45) is -3.00. The first-order valence-electron chi connectivity index (χ1n) is 9.73. The van der Waals surface area contributed by atoms with E-state index in [1.807, 2.05) is 6.92 Å². The van der Waals surface area contributed by atoms with Crippen LogP contribution in [-0.4, -0.2) is 43.2 Å². The highest BCUT2D eigenvalue weighted by Crippen LogP contribution is 2.30. The van der Waals surface area contributed by atoms with E-state index in [4.69, 9.17) is 0 Å². The standard InChI is InChI=1S/C20H26F3N5S.HI/c1-3-24-19(25-10-8-18-27-17(13-29-18)20(21,22)23)26-15-9-11-28(12-15)16-6-4-14(2)5-7-16;/h4-7,13,15H,3,8-12H2,1-2H3,(H2,24,25,26);1H. The Balaban J connectivity index is 0.00000320. The summed E-state index contributed by atoms with van der Waals surface area (Å²) in [5.41, 5.74) is 1.63. The molecule has 0 bridgehead atoms. The second-order valence-electron chi connectivity index (χ2n) is 7.05. The fourth-order valence-corrected chi connectivity index (χ4v) is 4.00. The van der Waals surface area contributed by atoms with Gasteiger partial charge in [0.2, 0.25) is 0 Å². The molecule has 1 fully saturated rings. The third kappa shape index (κ3) is 7.00. The molecule has 166 valence electrons. The highest BCUT2D eigenvalue weighted by Gasteiger charge is 2.33. The summed E-state index contributed by atoms with van der Waals surface area (Å²) in [7, 11) is 0. The van der Waals surface area contributed by atoms with Gasteiger partial charge in [-0.05, 0) is 32.4 Å². The zero-order valence-corrected chi connectivity index (χ0v) is 20.1. The smallest absolute Gasteiger partial charge is 0.369 e. The molecule has 0 aliphatic carbocycles. The number of guanidine groups is 1. The van der Waals surface area contributed by atoms with Crippen molar-refractivity contribution in [3.05, 3.63) is 45.9 Å². The predicted molar refractivity (Wildman–Crippen MR) is 127 cm³/mol. The summed E-state index contributed by atoms with van der Waals surface area (Å²) >= 11 is 1.03. The van der Waals surface area contributed by atoms with Crippen LogP contribution < -0.4 is 15.5 Å². The minimum absolute atomic E-state index is 0. The number of aryl methyl sites for hydroxylation is 1. The first-order valence-corrected chi connectivity index (χ1v) is 10.6. The number of alkyl halides is 3. The van der Waals surface area contributed by atoms with Gasteiger partial charge in [-0.15, -0.1) is 35.3 Å². The summed E-state index contributed by atoms with van der Waals surface area (Å²) in [5.74, 6) is 0.691. The van der Waals surface area contributed by atoms with Crippen LogP contribution in [0.4, 0.5) is 18.9 Å². The van der Waals surface area contributed by atoms with E-state index in [-0.39, 0.29) is 30.0 Å². The first-order chi connectivity index (χ1) is 13.8. The molecule has 30 heavy (non-hydrogen) atoms. The number of nitrogens with one attached hydrogen (secondary N) is 2. The van der Waals surface area contributed by atoms with Gasteiger partial charge < -0.3 is 15.5 Å². The maximum Gasteiger partial charge on any atom is 0.434 e. The number of hydrogen-bond donors (Lipinski definition) is 2. The number of nitrogens with zero attached hydrogens (tertiary/aromatic N) is 3. The summed E-state index contributed by atoms with van der Waals surface area (Å²) in [6.45, 7) is 7.02. The predicted octanol–water partition coefficient (Wildman–Crippen LogP) is 4.46. The van der Waals surface area contributed by atoms with Crippen molar-refractivity contribution in [2.75, 3.05) is 31.1 Å². The Morgan fingerprint density at radius 1 is 1.30 bits per heavy atom. The lowest BCUT2D eigenvalue weighted by Gasteiger charge is -2.20. The third-order valence-corrected chi connectivity index (χ3v) is 5.62. The van der Waals surface area contributed by atoms with Crippen molar-refractivity contribution in [2.24, 2.45) is 4.99 Å². The van der Waals surface area contributed by atoms with Crippen molar-refractivity contribution in [1.29, 1.82) is 0 Å². The SMILES string of the molecule is CCNC(=NCCc1nc(C(F)(F)F)cs1)NC1CCN(c2ccc(C)cc2)C1.I. The van der Waals surface area contributed by atoms with Gasteiger partial charge in [0.05, 0.1) is 5.01 Å². The molecule has 1 saturated heterocycles. The maximum absolute atomic E-state index is 12.6. The van der Waals surface area contributed by atoms with E-state index >= 15 is 0 Å². The molecular weight excluding hydrogens is 526 g/mol. The first kappa shape index (κ1) is 24.7. The molecule has 0 saturated carbocycles. The van der Waals surface area contributed by atoms with E-state index in [1.54, 1.807) is 0 Å². The molecule has 1 aliphatic heterocycles. The van der Waals surface area contributed by atoms with Crippen LogP contribution in [0, 0.1) is 6.92 Å². The molecule has 0 amide bonds. The van der Waals surface area contributed by atoms with Crippen LogP contribution in [0.2, 0.25) is 0 Å². The average molecular weight is 553 g/mol. The molecule has 2 heterocycles. The second kappa shape index (κ2) is 11.2. The Morgan fingerprint density at radius 2 is 2.03 bits per heavy atom. The van der Waals surface area contributed by atoms with E-state index in [2.05, 4.69) is 56.7 Å². The number of rotatable bonds is 6. The van der Waals surface area contributed by atoms with E-state index in [9.17, 15) is 13.2 Å². The molecule has 1 aromatic heterocycles. The molecule has 1 aromatic carbocycles. The molecule has 5 nitrogen and oxygen atoms in total. The summed E-state index contributed by atoms with van der Waals surface area (Å²) in [4.78, 5) is 10.5. The van der Waals surface area contributed by atoms with Crippen LogP contribution in [0.1, 0.15) is 29.6 Å². The van der Waals surface area contributed by atoms with Crippen LogP contribution >= 0.6 is 35.3 Å². The Bertz CT molecular complexity index is 823. The van der Waals surface area contributed by atoms with E-state index in [0.717, 1.165) is 42.8 Å². The summed E-state index contributed by atoms with van der Waals surface area (Å²) < 4.78 is 37.9. The maximum atomic E-state index is 12.6. The van der Waals surface area contributed by atoms with Crippen LogP contribution in [0.5, 0.6) is 0 Å². The number of benzene rings is 1. The van der Waals surface area contributed by atoms with Crippen molar-refractivity contribution in [2.45, 2.75) is 38.9 Å². The monoisotopic (exact) mass is 553 g/mol. The molecule has 3 rings (SSSR count). The Labute approximate surface area is 196 Å².